The monoisotopic (exact) mass is 282 g/mol. The van der Waals surface area contributed by atoms with Crippen LogP contribution >= 0.6 is 11.6 Å². The first-order chi connectivity index (χ1) is 9.66. The lowest BCUT2D eigenvalue weighted by atomic mass is 10.1. The third-order valence-electron chi connectivity index (χ3n) is 2.76. The second-order valence-corrected chi connectivity index (χ2v) is 4.65. The molecule has 0 saturated heterocycles. The Kier molecular flexibility index (Phi) is 4.75. The van der Waals surface area contributed by atoms with Gasteiger partial charge in [0.2, 0.25) is 0 Å². The normalized spacial score (nSPS) is 10.9. The van der Waals surface area contributed by atoms with Gasteiger partial charge < -0.3 is 5.32 Å². The highest BCUT2D eigenvalue weighted by Gasteiger charge is 2.05. The van der Waals surface area contributed by atoms with Gasteiger partial charge in [0.1, 0.15) is 5.17 Å². The molecule has 0 heterocycles. The average Bonchev–Trinajstić information content (AvgIpc) is 2.48. The summed E-state index contributed by atoms with van der Waals surface area (Å²) in [4.78, 5) is 0. The van der Waals surface area contributed by atoms with Crippen molar-refractivity contribution in [3.8, 4) is 0 Å². The van der Waals surface area contributed by atoms with Crippen LogP contribution in [0.4, 0.5) is 0 Å². The first-order valence-electron chi connectivity index (χ1n) is 6.19. The maximum atomic E-state index is 7.44. The summed E-state index contributed by atoms with van der Waals surface area (Å²) in [5, 5.41) is 10.6. The summed E-state index contributed by atoms with van der Waals surface area (Å²) < 4.78 is 0. The minimum atomic E-state index is -0.0304. The third kappa shape index (κ3) is 3.84. The van der Waals surface area contributed by atoms with Crippen molar-refractivity contribution in [1.29, 1.82) is 5.41 Å². The summed E-state index contributed by atoms with van der Waals surface area (Å²) in [7, 11) is 0. The van der Waals surface area contributed by atoms with E-state index in [4.69, 9.17) is 17.0 Å². The molecule has 0 spiro atoms. The molecule has 0 saturated carbocycles. The van der Waals surface area contributed by atoms with E-state index in [2.05, 4.69) is 11.9 Å². The summed E-state index contributed by atoms with van der Waals surface area (Å²) in [6.45, 7) is 4.03. The lowest BCUT2D eigenvalue weighted by Gasteiger charge is -2.13. The molecule has 0 bridgehead atoms. The molecule has 0 fully saturated rings. The maximum Gasteiger partial charge on any atom is 0.122 e. The van der Waals surface area contributed by atoms with Crippen LogP contribution in [0.25, 0.3) is 11.4 Å². The zero-order valence-electron chi connectivity index (χ0n) is 10.9. The Hall–Kier alpha value is -2.32. The van der Waals surface area contributed by atoms with Crippen molar-refractivity contribution < 1.29 is 0 Å². The highest BCUT2D eigenvalue weighted by molar-refractivity contribution is 6.68. The minimum Gasteiger partial charge on any atom is -0.355 e. The predicted molar refractivity (Wildman–Crippen MR) is 86.6 cm³/mol. The van der Waals surface area contributed by atoms with Crippen LogP contribution in [0, 0.1) is 5.41 Å². The van der Waals surface area contributed by atoms with Crippen molar-refractivity contribution in [2.24, 2.45) is 0 Å². The standard InChI is InChI=1S/C17H15ClN2/c1-13(14-8-4-2-5-9-14)20-16(12-17(18)19)15-10-6-3-7-11-15/h2-12,19-20H,1H2. The summed E-state index contributed by atoms with van der Waals surface area (Å²) in [6.07, 6.45) is 1.57. The number of halogens is 1. The smallest absolute Gasteiger partial charge is 0.122 e. The zero-order chi connectivity index (χ0) is 14.4. The number of allylic oxidation sites excluding steroid dienone is 1. The highest BCUT2D eigenvalue weighted by atomic mass is 35.5. The minimum absolute atomic E-state index is 0.0304. The second-order valence-electron chi connectivity index (χ2n) is 4.24. The Morgan fingerprint density at radius 2 is 1.45 bits per heavy atom. The van der Waals surface area contributed by atoms with Crippen molar-refractivity contribution in [3.63, 3.8) is 0 Å². The zero-order valence-corrected chi connectivity index (χ0v) is 11.7. The molecule has 2 nitrogen and oxygen atoms in total. The third-order valence-corrected chi connectivity index (χ3v) is 2.87. The molecular weight excluding hydrogens is 268 g/mol. The van der Waals surface area contributed by atoms with Crippen LogP contribution < -0.4 is 5.32 Å². The number of hydrogen-bond donors (Lipinski definition) is 2. The van der Waals surface area contributed by atoms with Crippen molar-refractivity contribution in [2.75, 3.05) is 0 Å². The topological polar surface area (TPSA) is 35.9 Å². The fourth-order valence-electron chi connectivity index (χ4n) is 1.81. The van der Waals surface area contributed by atoms with E-state index in [1.165, 1.54) is 0 Å². The number of rotatable bonds is 5. The Morgan fingerprint density at radius 3 is 1.95 bits per heavy atom. The van der Waals surface area contributed by atoms with Crippen LogP contribution in [0.15, 0.2) is 73.3 Å². The van der Waals surface area contributed by atoms with Gasteiger partial charge in [-0.15, -0.1) is 0 Å². The number of hydrogen-bond acceptors (Lipinski definition) is 2. The molecule has 20 heavy (non-hydrogen) atoms. The van der Waals surface area contributed by atoms with Gasteiger partial charge in [0.15, 0.2) is 0 Å². The molecule has 0 aliphatic rings. The van der Waals surface area contributed by atoms with Crippen LogP contribution in [0.5, 0.6) is 0 Å². The largest absolute Gasteiger partial charge is 0.355 e. The molecule has 2 N–H and O–H groups in total. The maximum absolute atomic E-state index is 7.44. The molecule has 0 amide bonds. The van der Waals surface area contributed by atoms with Gasteiger partial charge in [-0.25, -0.2) is 0 Å². The van der Waals surface area contributed by atoms with Crippen LogP contribution in [0.1, 0.15) is 11.1 Å². The Morgan fingerprint density at radius 1 is 0.950 bits per heavy atom. The first kappa shape index (κ1) is 14.1. The molecule has 0 atom stereocenters. The lowest BCUT2D eigenvalue weighted by molar-refractivity contribution is 1.24. The van der Waals surface area contributed by atoms with E-state index >= 15 is 0 Å². The average molecular weight is 283 g/mol. The van der Waals surface area contributed by atoms with Crippen LogP contribution in [0.3, 0.4) is 0 Å². The molecule has 2 aromatic rings. The Labute approximate surface area is 123 Å². The van der Waals surface area contributed by atoms with Gasteiger partial charge in [-0.1, -0.05) is 78.8 Å². The van der Waals surface area contributed by atoms with Gasteiger partial charge in [-0.05, 0) is 17.2 Å². The quantitative estimate of drug-likeness (QED) is 0.778. The lowest BCUT2D eigenvalue weighted by Crippen LogP contribution is -2.11. The molecule has 2 rings (SSSR count). The van der Waals surface area contributed by atoms with Crippen molar-refractivity contribution in [2.45, 2.75) is 0 Å². The van der Waals surface area contributed by atoms with Gasteiger partial charge in [0.25, 0.3) is 0 Å². The van der Waals surface area contributed by atoms with E-state index in [-0.39, 0.29) is 5.17 Å². The van der Waals surface area contributed by atoms with E-state index < -0.39 is 0 Å². The van der Waals surface area contributed by atoms with Crippen molar-refractivity contribution >= 4 is 28.2 Å². The first-order valence-corrected chi connectivity index (χ1v) is 6.57. The molecule has 3 heteroatoms. The SMILES string of the molecule is C=C(NC(=CC(=N)Cl)c1ccccc1)c1ccccc1. The van der Waals surface area contributed by atoms with E-state index in [0.717, 1.165) is 22.5 Å². The fraction of sp³-hybridized carbons (Fsp3) is 0. The molecule has 2 aromatic carbocycles. The molecular formula is C17H15ClN2. The van der Waals surface area contributed by atoms with E-state index in [9.17, 15) is 0 Å². The summed E-state index contributed by atoms with van der Waals surface area (Å²) in [5.74, 6) is 0. The van der Waals surface area contributed by atoms with Crippen LogP contribution in [0.2, 0.25) is 0 Å². The van der Waals surface area contributed by atoms with E-state index in [0.29, 0.717) is 0 Å². The highest BCUT2D eigenvalue weighted by Crippen LogP contribution is 2.17. The van der Waals surface area contributed by atoms with Crippen molar-refractivity contribution in [1.82, 2.24) is 5.32 Å². The van der Waals surface area contributed by atoms with Gasteiger partial charge in [-0.3, -0.25) is 5.41 Å². The molecule has 0 radical (unpaired) electrons. The Bertz CT molecular complexity index is 631. The molecule has 0 aliphatic carbocycles. The molecule has 0 aromatic heterocycles. The second kappa shape index (κ2) is 6.73. The van der Waals surface area contributed by atoms with Gasteiger partial charge in [0.05, 0.1) is 0 Å². The molecule has 0 aliphatic heterocycles. The van der Waals surface area contributed by atoms with Gasteiger partial charge >= 0.3 is 0 Å². The number of nitrogens with one attached hydrogen (secondary N) is 2. The fourth-order valence-corrected chi connectivity index (χ4v) is 1.92. The summed E-state index contributed by atoms with van der Waals surface area (Å²) >= 11 is 5.69. The molecule has 0 unspecified atom stereocenters. The van der Waals surface area contributed by atoms with Gasteiger partial charge in [-0.2, -0.15) is 0 Å². The summed E-state index contributed by atoms with van der Waals surface area (Å²) in [6, 6.07) is 19.6. The number of benzene rings is 2. The van der Waals surface area contributed by atoms with E-state index in [1.54, 1.807) is 6.08 Å². The predicted octanol–water partition coefficient (Wildman–Crippen LogP) is 4.50. The Balaban J connectivity index is 2.26. The molecule has 100 valence electrons. The summed E-state index contributed by atoms with van der Waals surface area (Å²) in [5.41, 5.74) is 3.46. The van der Waals surface area contributed by atoms with Crippen molar-refractivity contribution in [3.05, 3.63) is 84.4 Å². The van der Waals surface area contributed by atoms with Crippen LogP contribution in [-0.4, -0.2) is 5.17 Å². The van der Waals surface area contributed by atoms with Crippen LogP contribution in [-0.2, 0) is 0 Å². The van der Waals surface area contributed by atoms with Gasteiger partial charge in [0, 0.05) is 11.4 Å². The van der Waals surface area contributed by atoms with E-state index in [1.807, 2.05) is 60.7 Å².